The Morgan fingerprint density at radius 3 is 2.36 bits per heavy atom. The van der Waals surface area contributed by atoms with E-state index in [-0.39, 0.29) is 6.04 Å². The second-order valence-electron chi connectivity index (χ2n) is 5.84. The lowest BCUT2D eigenvalue weighted by atomic mass is 10.2. The summed E-state index contributed by atoms with van der Waals surface area (Å²) in [4.78, 5) is 27.9. The number of hydrogen-bond donors (Lipinski definition) is 1. The number of nitrogens with zero attached hydrogens (tertiary/aromatic N) is 2. The molecule has 1 atom stereocenters. The van der Waals surface area contributed by atoms with E-state index in [1.54, 1.807) is 4.90 Å². The highest BCUT2D eigenvalue weighted by Gasteiger charge is 2.26. The van der Waals surface area contributed by atoms with Gasteiger partial charge in [0.25, 0.3) is 0 Å². The van der Waals surface area contributed by atoms with Gasteiger partial charge in [0.05, 0.1) is 0 Å². The zero-order chi connectivity index (χ0) is 15.9. The molecule has 1 aromatic rings. The first-order chi connectivity index (χ1) is 10.6. The van der Waals surface area contributed by atoms with Crippen LogP contribution in [0.25, 0.3) is 0 Å². The molecule has 22 heavy (non-hydrogen) atoms. The number of benzene rings is 1. The third-order valence-electron chi connectivity index (χ3n) is 4.09. The van der Waals surface area contributed by atoms with E-state index in [0.717, 1.165) is 26.1 Å². The van der Waals surface area contributed by atoms with E-state index in [1.165, 1.54) is 5.56 Å². The number of rotatable bonds is 4. The summed E-state index contributed by atoms with van der Waals surface area (Å²) in [5.74, 6) is -0.884. The van der Waals surface area contributed by atoms with E-state index in [4.69, 9.17) is 0 Å². The van der Waals surface area contributed by atoms with Crippen molar-refractivity contribution in [2.45, 2.75) is 32.9 Å². The number of carbonyl (C=O) groups excluding carboxylic acids is 2. The maximum absolute atomic E-state index is 12.1. The molecule has 0 aliphatic carbocycles. The molecular weight excluding hydrogens is 278 g/mol. The molecule has 0 saturated carbocycles. The number of piperazine rings is 1. The average molecular weight is 303 g/mol. The molecule has 2 amide bonds. The lowest BCUT2D eigenvalue weighted by Crippen LogP contribution is -2.53. The second kappa shape index (κ2) is 7.94. The molecule has 1 unspecified atom stereocenters. The van der Waals surface area contributed by atoms with Gasteiger partial charge in [0.15, 0.2) is 0 Å². The molecule has 0 spiro atoms. The van der Waals surface area contributed by atoms with Crippen molar-refractivity contribution in [3.8, 4) is 0 Å². The number of nitrogens with one attached hydrogen (secondary N) is 1. The number of carbonyl (C=O) groups is 2. The minimum absolute atomic E-state index is 0.0378. The van der Waals surface area contributed by atoms with Crippen molar-refractivity contribution in [2.24, 2.45) is 0 Å². The fourth-order valence-corrected chi connectivity index (χ4v) is 2.48. The van der Waals surface area contributed by atoms with Gasteiger partial charge >= 0.3 is 11.8 Å². The predicted octanol–water partition coefficient (Wildman–Crippen LogP) is 1.25. The summed E-state index contributed by atoms with van der Waals surface area (Å²) in [6, 6.07) is 10.3. The largest absolute Gasteiger partial charge is 0.345 e. The zero-order valence-corrected chi connectivity index (χ0v) is 13.4. The van der Waals surface area contributed by atoms with Crippen molar-refractivity contribution in [3.05, 3.63) is 35.9 Å². The summed E-state index contributed by atoms with van der Waals surface area (Å²) in [5, 5.41) is 2.73. The highest BCUT2D eigenvalue weighted by Crippen LogP contribution is 2.08. The van der Waals surface area contributed by atoms with Crippen molar-refractivity contribution in [1.82, 2.24) is 15.1 Å². The third kappa shape index (κ3) is 4.56. The molecule has 0 aromatic heterocycles. The minimum Gasteiger partial charge on any atom is -0.345 e. The van der Waals surface area contributed by atoms with Crippen molar-refractivity contribution in [2.75, 3.05) is 26.2 Å². The molecule has 1 aliphatic heterocycles. The summed E-state index contributed by atoms with van der Waals surface area (Å²) in [6.07, 6.45) is 0.823. The molecule has 0 radical (unpaired) electrons. The van der Waals surface area contributed by atoms with Gasteiger partial charge in [-0.05, 0) is 18.9 Å². The Morgan fingerprint density at radius 2 is 1.77 bits per heavy atom. The van der Waals surface area contributed by atoms with Crippen molar-refractivity contribution >= 4 is 11.8 Å². The smallest absolute Gasteiger partial charge is 0.311 e. The van der Waals surface area contributed by atoms with E-state index >= 15 is 0 Å². The molecule has 5 heteroatoms. The fraction of sp³-hybridized carbons (Fsp3) is 0.529. The van der Waals surface area contributed by atoms with Gasteiger partial charge in [-0.3, -0.25) is 14.5 Å². The summed E-state index contributed by atoms with van der Waals surface area (Å²) in [6.45, 7) is 7.61. The topological polar surface area (TPSA) is 52.7 Å². The Bertz CT molecular complexity index is 496. The minimum atomic E-state index is -0.481. The Balaban J connectivity index is 1.79. The molecule has 1 N–H and O–H groups in total. The standard InChI is InChI=1S/C17H25N3O2/c1-3-14(2)18-16(21)17(22)20-11-9-19(10-12-20)13-15-7-5-4-6-8-15/h4-8,14H,3,9-13H2,1-2H3,(H,18,21). The lowest BCUT2D eigenvalue weighted by Gasteiger charge is -2.34. The van der Waals surface area contributed by atoms with Crippen molar-refractivity contribution in [3.63, 3.8) is 0 Å². The van der Waals surface area contributed by atoms with Gasteiger partial charge in [0, 0.05) is 38.8 Å². The molecule has 1 saturated heterocycles. The molecular formula is C17H25N3O2. The molecule has 0 bridgehead atoms. The Labute approximate surface area is 132 Å². The highest BCUT2D eigenvalue weighted by molar-refractivity contribution is 6.35. The van der Waals surface area contributed by atoms with Crippen LogP contribution in [0.2, 0.25) is 0 Å². The van der Waals surface area contributed by atoms with Crippen LogP contribution in [-0.2, 0) is 16.1 Å². The summed E-state index contributed by atoms with van der Waals surface area (Å²) in [7, 11) is 0. The molecule has 1 heterocycles. The molecule has 2 rings (SSSR count). The predicted molar refractivity (Wildman–Crippen MR) is 86.2 cm³/mol. The van der Waals surface area contributed by atoms with Crippen molar-refractivity contribution < 1.29 is 9.59 Å². The fourth-order valence-electron chi connectivity index (χ4n) is 2.48. The van der Waals surface area contributed by atoms with E-state index in [9.17, 15) is 9.59 Å². The Morgan fingerprint density at radius 1 is 1.14 bits per heavy atom. The van der Waals surface area contributed by atoms with E-state index in [1.807, 2.05) is 32.0 Å². The van der Waals surface area contributed by atoms with Gasteiger partial charge in [0.1, 0.15) is 0 Å². The van der Waals surface area contributed by atoms with Gasteiger partial charge in [0.2, 0.25) is 0 Å². The lowest BCUT2D eigenvalue weighted by molar-refractivity contribution is -0.147. The van der Waals surface area contributed by atoms with Crippen LogP contribution in [0, 0.1) is 0 Å². The quantitative estimate of drug-likeness (QED) is 0.852. The van der Waals surface area contributed by atoms with E-state index in [2.05, 4.69) is 22.3 Å². The zero-order valence-electron chi connectivity index (χ0n) is 13.4. The van der Waals surface area contributed by atoms with E-state index < -0.39 is 11.8 Å². The first-order valence-electron chi connectivity index (χ1n) is 7.96. The first-order valence-corrected chi connectivity index (χ1v) is 7.96. The summed E-state index contributed by atoms with van der Waals surface area (Å²) < 4.78 is 0. The Kier molecular flexibility index (Phi) is 5.95. The van der Waals surface area contributed by atoms with Crippen LogP contribution in [0.4, 0.5) is 0 Å². The molecule has 5 nitrogen and oxygen atoms in total. The van der Waals surface area contributed by atoms with Crippen molar-refractivity contribution in [1.29, 1.82) is 0 Å². The Hall–Kier alpha value is -1.88. The number of hydrogen-bond acceptors (Lipinski definition) is 3. The van der Waals surface area contributed by atoms with Crippen LogP contribution in [0.5, 0.6) is 0 Å². The van der Waals surface area contributed by atoms with E-state index in [0.29, 0.717) is 13.1 Å². The summed E-state index contributed by atoms with van der Waals surface area (Å²) >= 11 is 0. The van der Waals surface area contributed by atoms with Crippen LogP contribution >= 0.6 is 0 Å². The highest BCUT2D eigenvalue weighted by atomic mass is 16.2. The van der Waals surface area contributed by atoms with Crippen LogP contribution in [0.15, 0.2) is 30.3 Å². The molecule has 1 aromatic carbocycles. The van der Waals surface area contributed by atoms with Crippen LogP contribution in [0.3, 0.4) is 0 Å². The SMILES string of the molecule is CCC(C)NC(=O)C(=O)N1CCN(Cc2ccccc2)CC1. The molecule has 1 fully saturated rings. The molecule has 1 aliphatic rings. The van der Waals surface area contributed by atoms with Crippen LogP contribution in [-0.4, -0.2) is 53.8 Å². The maximum Gasteiger partial charge on any atom is 0.311 e. The van der Waals surface area contributed by atoms with Gasteiger partial charge < -0.3 is 10.2 Å². The summed E-state index contributed by atoms with van der Waals surface area (Å²) in [5.41, 5.74) is 1.27. The first kappa shape index (κ1) is 16.5. The third-order valence-corrected chi connectivity index (χ3v) is 4.09. The maximum atomic E-state index is 12.1. The second-order valence-corrected chi connectivity index (χ2v) is 5.84. The van der Waals surface area contributed by atoms with Crippen LogP contribution < -0.4 is 5.32 Å². The van der Waals surface area contributed by atoms with Crippen LogP contribution in [0.1, 0.15) is 25.8 Å². The van der Waals surface area contributed by atoms with Gasteiger partial charge in [-0.15, -0.1) is 0 Å². The monoisotopic (exact) mass is 303 g/mol. The number of amides is 2. The normalized spacial score (nSPS) is 17.1. The average Bonchev–Trinajstić information content (AvgIpc) is 2.55. The van der Waals surface area contributed by atoms with Gasteiger partial charge in [-0.1, -0.05) is 37.3 Å². The molecule has 120 valence electrons. The van der Waals surface area contributed by atoms with Gasteiger partial charge in [-0.2, -0.15) is 0 Å². The van der Waals surface area contributed by atoms with Gasteiger partial charge in [-0.25, -0.2) is 0 Å².